The van der Waals surface area contributed by atoms with Crippen LogP contribution < -0.4 is 5.73 Å². The fourth-order valence-corrected chi connectivity index (χ4v) is 2.31. The lowest BCUT2D eigenvalue weighted by Gasteiger charge is -2.19. The van der Waals surface area contributed by atoms with E-state index in [0.717, 1.165) is 11.6 Å². The molecule has 0 heterocycles. The number of halogens is 2. The second kappa shape index (κ2) is 7.29. The van der Waals surface area contributed by atoms with E-state index in [2.05, 4.69) is 0 Å². The summed E-state index contributed by atoms with van der Waals surface area (Å²) in [7, 11) is 0. The van der Waals surface area contributed by atoms with Crippen molar-refractivity contribution in [1.82, 2.24) is 0 Å². The van der Waals surface area contributed by atoms with Crippen molar-refractivity contribution < 1.29 is 13.9 Å². The molecule has 112 valence electrons. The summed E-state index contributed by atoms with van der Waals surface area (Å²) in [4.78, 5) is 0. The maximum Gasteiger partial charge on any atom is 0.126 e. The molecular formula is C17H19F2NO. The largest absolute Gasteiger partial charge is 0.391 e. The summed E-state index contributed by atoms with van der Waals surface area (Å²) in [5.74, 6) is -1.26. The lowest BCUT2D eigenvalue weighted by atomic mass is 9.97. The van der Waals surface area contributed by atoms with Crippen LogP contribution >= 0.6 is 0 Å². The fraction of sp³-hybridized carbons (Fsp3) is 0.294. The third kappa shape index (κ3) is 4.92. The molecule has 2 aromatic rings. The zero-order chi connectivity index (χ0) is 15.2. The number of hydrogen-bond donors (Lipinski definition) is 2. The van der Waals surface area contributed by atoms with Gasteiger partial charge >= 0.3 is 0 Å². The highest BCUT2D eigenvalue weighted by Gasteiger charge is 2.16. The van der Waals surface area contributed by atoms with Crippen molar-refractivity contribution >= 4 is 0 Å². The van der Waals surface area contributed by atoms with Crippen LogP contribution in [0.3, 0.4) is 0 Å². The van der Waals surface area contributed by atoms with Gasteiger partial charge in [-0.05, 0) is 42.5 Å². The van der Waals surface area contributed by atoms with Crippen LogP contribution in [0.5, 0.6) is 0 Å². The average Bonchev–Trinajstić information content (AvgIpc) is 2.44. The predicted octanol–water partition coefficient (Wildman–Crippen LogP) is 2.83. The van der Waals surface area contributed by atoms with Crippen LogP contribution in [0.4, 0.5) is 8.78 Å². The molecule has 2 aromatic carbocycles. The predicted molar refractivity (Wildman–Crippen MR) is 78.8 cm³/mol. The van der Waals surface area contributed by atoms with Crippen molar-refractivity contribution in [1.29, 1.82) is 0 Å². The van der Waals surface area contributed by atoms with Gasteiger partial charge in [0.15, 0.2) is 0 Å². The first kappa shape index (κ1) is 15.6. The Morgan fingerprint density at radius 3 is 2.19 bits per heavy atom. The summed E-state index contributed by atoms with van der Waals surface area (Å²) in [5.41, 5.74) is 7.50. The van der Waals surface area contributed by atoms with Gasteiger partial charge in [0.1, 0.15) is 11.6 Å². The number of hydrogen-bond acceptors (Lipinski definition) is 2. The number of nitrogens with two attached hydrogens (primary N) is 1. The number of aliphatic hydroxyl groups excluding tert-OH is 1. The van der Waals surface area contributed by atoms with Crippen LogP contribution in [0.1, 0.15) is 17.5 Å². The fourth-order valence-electron chi connectivity index (χ4n) is 2.31. The monoisotopic (exact) mass is 291 g/mol. The van der Waals surface area contributed by atoms with Crippen LogP contribution in [-0.4, -0.2) is 17.3 Å². The highest BCUT2D eigenvalue weighted by atomic mass is 19.1. The Kier molecular flexibility index (Phi) is 5.42. The van der Waals surface area contributed by atoms with Crippen LogP contribution in [0.15, 0.2) is 48.5 Å². The van der Waals surface area contributed by atoms with Crippen molar-refractivity contribution in [2.24, 2.45) is 5.73 Å². The molecule has 2 rings (SSSR count). The smallest absolute Gasteiger partial charge is 0.126 e. The van der Waals surface area contributed by atoms with Gasteiger partial charge in [-0.3, -0.25) is 0 Å². The molecular weight excluding hydrogens is 272 g/mol. The summed E-state index contributed by atoms with van der Waals surface area (Å²) in [6, 6.07) is 12.6. The molecule has 0 aromatic heterocycles. The van der Waals surface area contributed by atoms with E-state index in [0.29, 0.717) is 18.4 Å². The van der Waals surface area contributed by atoms with Gasteiger partial charge in [-0.15, -0.1) is 0 Å². The first-order chi connectivity index (χ1) is 10.0. The zero-order valence-corrected chi connectivity index (χ0v) is 11.7. The minimum Gasteiger partial charge on any atom is -0.391 e. The molecule has 0 saturated heterocycles. The molecule has 2 nitrogen and oxygen atoms in total. The van der Waals surface area contributed by atoms with E-state index in [4.69, 9.17) is 5.73 Å². The summed E-state index contributed by atoms with van der Waals surface area (Å²) in [6.07, 6.45) is 0.762. The second-order valence-corrected chi connectivity index (χ2v) is 5.24. The number of aliphatic hydroxyl groups is 1. The first-order valence-electron chi connectivity index (χ1n) is 6.97. The summed E-state index contributed by atoms with van der Waals surface area (Å²) < 4.78 is 26.2. The molecule has 3 N–H and O–H groups in total. The van der Waals surface area contributed by atoms with E-state index in [1.165, 1.54) is 12.1 Å². The van der Waals surface area contributed by atoms with E-state index in [9.17, 15) is 13.9 Å². The second-order valence-electron chi connectivity index (χ2n) is 5.24. The Bertz CT molecular complexity index is 554. The molecule has 0 saturated carbocycles. The molecule has 0 aliphatic rings. The lowest BCUT2D eigenvalue weighted by Crippen LogP contribution is -2.37. The average molecular weight is 291 g/mol. The van der Waals surface area contributed by atoms with Crippen molar-refractivity contribution in [2.45, 2.75) is 31.4 Å². The highest BCUT2D eigenvalue weighted by Crippen LogP contribution is 2.13. The SMILES string of the molecule is N[C@@H](Cc1cc(F)cc(F)c1)C(O)CCc1ccccc1. The van der Waals surface area contributed by atoms with Crippen molar-refractivity contribution in [3.63, 3.8) is 0 Å². The van der Waals surface area contributed by atoms with Crippen molar-refractivity contribution in [3.8, 4) is 0 Å². The third-order valence-corrected chi connectivity index (χ3v) is 3.46. The summed E-state index contributed by atoms with van der Waals surface area (Å²) in [6.45, 7) is 0. The van der Waals surface area contributed by atoms with Crippen molar-refractivity contribution in [2.75, 3.05) is 0 Å². The van der Waals surface area contributed by atoms with Crippen LogP contribution in [-0.2, 0) is 12.8 Å². The molecule has 2 atom stereocenters. The zero-order valence-electron chi connectivity index (χ0n) is 11.7. The molecule has 21 heavy (non-hydrogen) atoms. The first-order valence-corrected chi connectivity index (χ1v) is 6.97. The molecule has 4 heteroatoms. The van der Waals surface area contributed by atoms with Gasteiger partial charge in [0.2, 0.25) is 0 Å². The van der Waals surface area contributed by atoms with Gasteiger partial charge < -0.3 is 10.8 Å². The van der Waals surface area contributed by atoms with Gasteiger partial charge in [-0.25, -0.2) is 8.78 Å². The Labute approximate surface area is 123 Å². The lowest BCUT2D eigenvalue weighted by molar-refractivity contribution is 0.135. The van der Waals surface area contributed by atoms with Crippen LogP contribution in [0.2, 0.25) is 0 Å². The van der Waals surface area contributed by atoms with E-state index in [1.54, 1.807) is 0 Å². The number of benzene rings is 2. The number of rotatable bonds is 6. The van der Waals surface area contributed by atoms with E-state index >= 15 is 0 Å². The third-order valence-electron chi connectivity index (χ3n) is 3.46. The number of aryl methyl sites for hydroxylation is 1. The van der Waals surface area contributed by atoms with Gasteiger partial charge in [0.25, 0.3) is 0 Å². The molecule has 0 radical (unpaired) electrons. The quantitative estimate of drug-likeness (QED) is 0.859. The molecule has 0 aliphatic carbocycles. The van der Waals surface area contributed by atoms with Gasteiger partial charge in [-0.2, -0.15) is 0 Å². The van der Waals surface area contributed by atoms with E-state index < -0.39 is 23.8 Å². The van der Waals surface area contributed by atoms with Gasteiger partial charge in [0.05, 0.1) is 6.10 Å². The van der Waals surface area contributed by atoms with Crippen LogP contribution in [0, 0.1) is 11.6 Å². The Morgan fingerprint density at radius 2 is 1.57 bits per heavy atom. The van der Waals surface area contributed by atoms with Crippen molar-refractivity contribution in [3.05, 3.63) is 71.3 Å². The van der Waals surface area contributed by atoms with E-state index in [1.807, 2.05) is 30.3 Å². The minimum absolute atomic E-state index is 0.241. The van der Waals surface area contributed by atoms with Gasteiger partial charge in [-0.1, -0.05) is 30.3 Å². The highest BCUT2D eigenvalue weighted by molar-refractivity contribution is 5.19. The van der Waals surface area contributed by atoms with Crippen LogP contribution in [0.25, 0.3) is 0 Å². The minimum atomic E-state index is -0.712. The molecule has 0 spiro atoms. The van der Waals surface area contributed by atoms with Gasteiger partial charge in [0, 0.05) is 12.1 Å². The summed E-state index contributed by atoms with van der Waals surface area (Å²) in [5, 5.41) is 10.1. The maximum absolute atomic E-state index is 13.1. The van der Waals surface area contributed by atoms with E-state index in [-0.39, 0.29) is 6.42 Å². The molecule has 1 unspecified atom stereocenters. The standard InChI is InChI=1S/C17H19F2NO/c18-14-8-13(9-15(19)11-14)10-16(20)17(21)7-6-12-4-2-1-3-5-12/h1-5,8-9,11,16-17,21H,6-7,10,20H2/t16-,17?/m0/s1. The Balaban J connectivity index is 1.88. The topological polar surface area (TPSA) is 46.2 Å². The molecule has 0 bridgehead atoms. The maximum atomic E-state index is 13.1. The molecule has 0 fully saturated rings. The molecule has 0 aliphatic heterocycles. The Morgan fingerprint density at radius 1 is 0.952 bits per heavy atom. The Hall–Kier alpha value is -1.78. The summed E-state index contributed by atoms with van der Waals surface area (Å²) >= 11 is 0. The molecule has 0 amide bonds. The normalized spacial score (nSPS) is 13.9.